The van der Waals surface area contributed by atoms with Crippen molar-refractivity contribution < 1.29 is 4.79 Å². The molecule has 1 aromatic heterocycles. The van der Waals surface area contributed by atoms with Crippen LogP contribution in [0.1, 0.15) is 36.8 Å². The average molecular weight is 324 g/mol. The van der Waals surface area contributed by atoms with Crippen molar-refractivity contribution in [3.05, 3.63) is 39.9 Å². The summed E-state index contributed by atoms with van der Waals surface area (Å²) in [6, 6.07) is 7.33. The molecule has 21 heavy (non-hydrogen) atoms. The number of nitrogens with one attached hydrogen (secondary N) is 1. The van der Waals surface area contributed by atoms with Crippen molar-refractivity contribution >= 4 is 34.0 Å². The molecule has 6 heteroatoms. The highest BCUT2D eigenvalue weighted by Crippen LogP contribution is 2.19. The summed E-state index contributed by atoms with van der Waals surface area (Å²) in [5.41, 5.74) is 0.810. The standard InChI is InChI=1S/C15H18ClN3OS/c1-2-3-4-9-14-18-19-15(21-14)17-13(20)10-11-7-5-6-8-12(11)16/h5-8H,2-4,9-10H2,1H3,(H,17,19,20). The zero-order chi connectivity index (χ0) is 15.1. The Bertz CT molecular complexity index is 600. The van der Waals surface area contributed by atoms with E-state index < -0.39 is 0 Å². The lowest BCUT2D eigenvalue weighted by Gasteiger charge is -2.03. The van der Waals surface area contributed by atoms with E-state index in [1.165, 1.54) is 24.2 Å². The molecule has 0 radical (unpaired) electrons. The third-order valence-corrected chi connectivity index (χ3v) is 4.28. The van der Waals surface area contributed by atoms with Crippen molar-refractivity contribution in [1.82, 2.24) is 10.2 Å². The van der Waals surface area contributed by atoms with Crippen LogP contribution in [-0.4, -0.2) is 16.1 Å². The van der Waals surface area contributed by atoms with Gasteiger partial charge in [0.15, 0.2) is 0 Å². The van der Waals surface area contributed by atoms with Gasteiger partial charge in [0.05, 0.1) is 6.42 Å². The fourth-order valence-electron chi connectivity index (χ4n) is 1.91. The van der Waals surface area contributed by atoms with Crippen LogP contribution in [0.5, 0.6) is 0 Å². The molecule has 0 saturated carbocycles. The largest absolute Gasteiger partial charge is 0.300 e. The smallest absolute Gasteiger partial charge is 0.230 e. The minimum atomic E-state index is -0.126. The number of anilines is 1. The second-order valence-electron chi connectivity index (χ2n) is 4.77. The maximum Gasteiger partial charge on any atom is 0.230 e. The highest BCUT2D eigenvalue weighted by Gasteiger charge is 2.10. The molecule has 0 bridgehead atoms. The van der Waals surface area contributed by atoms with Crippen LogP contribution in [0.4, 0.5) is 5.13 Å². The molecule has 2 aromatic rings. The number of halogens is 1. The first-order valence-electron chi connectivity index (χ1n) is 7.04. The predicted molar refractivity (Wildman–Crippen MR) is 86.9 cm³/mol. The van der Waals surface area contributed by atoms with Gasteiger partial charge in [-0.15, -0.1) is 10.2 Å². The van der Waals surface area contributed by atoms with E-state index in [2.05, 4.69) is 22.4 Å². The van der Waals surface area contributed by atoms with Crippen LogP contribution in [0.3, 0.4) is 0 Å². The molecule has 0 aliphatic heterocycles. The normalized spacial score (nSPS) is 10.6. The Morgan fingerprint density at radius 2 is 2.10 bits per heavy atom. The van der Waals surface area contributed by atoms with Gasteiger partial charge in [0.25, 0.3) is 0 Å². The zero-order valence-corrected chi connectivity index (χ0v) is 13.5. The second kappa shape index (κ2) is 8.10. The number of amides is 1. The molecule has 4 nitrogen and oxygen atoms in total. The fraction of sp³-hybridized carbons (Fsp3) is 0.400. The first-order chi connectivity index (χ1) is 10.2. The molecule has 0 atom stereocenters. The van der Waals surface area contributed by atoms with Crippen LogP contribution in [-0.2, 0) is 17.6 Å². The maximum absolute atomic E-state index is 12.0. The van der Waals surface area contributed by atoms with Crippen LogP contribution in [0.2, 0.25) is 5.02 Å². The summed E-state index contributed by atoms with van der Waals surface area (Å²) >= 11 is 7.48. The van der Waals surface area contributed by atoms with Crippen LogP contribution >= 0.6 is 22.9 Å². The van der Waals surface area contributed by atoms with Crippen LogP contribution in [0.25, 0.3) is 0 Å². The Morgan fingerprint density at radius 1 is 1.29 bits per heavy atom. The number of aryl methyl sites for hydroxylation is 1. The SMILES string of the molecule is CCCCCc1nnc(NC(=O)Cc2ccccc2Cl)s1. The molecule has 0 fully saturated rings. The summed E-state index contributed by atoms with van der Waals surface area (Å²) in [7, 11) is 0. The quantitative estimate of drug-likeness (QED) is 0.780. The Labute approximate surface area is 133 Å². The Kier molecular flexibility index (Phi) is 6.14. The number of hydrogen-bond acceptors (Lipinski definition) is 4. The summed E-state index contributed by atoms with van der Waals surface area (Å²) < 4.78 is 0. The number of aromatic nitrogens is 2. The Hall–Kier alpha value is -1.46. The van der Waals surface area contributed by atoms with Gasteiger partial charge in [0, 0.05) is 11.4 Å². The molecular weight excluding hydrogens is 306 g/mol. The molecule has 1 aromatic carbocycles. The molecule has 0 aliphatic rings. The van der Waals surface area contributed by atoms with Crippen molar-refractivity contribution in [1.29, 1.82) is 0 Å². The van der Waals surface area contributed by atoms with Crippen molar-refractivity contribution in [3.8, 4) is 0 Å². The minimum absolute atomic E-state index is 0.126. The third-order valence-electron chi connectivity index (χ3n) is 3.02. The maximum atomic E-state index is 12.0. The van der Waals surface area contributed by atoms with E-state index in [1.54, 1.807) is 6.07 Å². The van der Waals surface area contributed by atoms with E-state index in [9.17, 15) is 4.79 Å². The van der Waals surface area contributed by atoms with Crippen molar-refractivity contribution in [2.24, 2.45) is 0 Å². The monoisotopic (exact) mass is 323 g/mol. The van der Waals surface area contributed by atoms with E-state index in [1.807, 2.05) is 18.2 Å². The number of carbonyl (C=O) groups is 1. The number of nitrogens with zero attached hydrogens (tertiary/aromatic N) is 2. The van der Waals surface area contributed by atoms with E-state index >= 15 is 0 Å². The number of carbonyl (C=O) groups excluding carboxylic acids is 1. The van der Waals surface area contributed by atoms with E-state index in [-0.39, 0.29) is 12.3 Å². The number of rotatable bonds is 7. The molecule has 0 spiro atoms. The van der Waals surface area contributed by atoms with Gasteiger partial charge in [-0.25, -0.2) is 0 Å². The highest BCUT2D eigenvalue weighted by molar-refractivity contribution is 7.15. The van der Waals surface area contributed by atoms with E-state index in [0.29, 0.717) is 10.2 Å². The first kappa shape index (κ1) is 15.9. The highest BCUT2D eigenvalue weighted by atomic mass is 35.5. The number of hydrogen-bond donors (Lipinski definition) is 1. The molecule has 0 saturated heterocycles. The molecular formula is C15H18ClN3OS. The van der Waals surface area contributed by atoms with Gasteiger partial charge in [0.1, 0.15) is 5.01 Å². The van der Waals surface area contributed by atoms with E-state index in [0.717, 1.165) is 23.4 Å². The lowest BCUT2D eigenvalue weighted by molar-refractivity contribution is -0.115. The van der Waals surface area contributed by atoms with Gasteiger partial charge < -0.3 is 5.32 Å². The molecule has 112 valence electrons. The van der Waals surface area contributed by atoms with Gasteiger partial charge >= 0.3 is 0 Å². The van der Waals surface area contributed by atoms with Gasteiger partial charge in [-0.05, 0) is 18.1 Å². The first-order valence-corrected chi connectivity index (χ1v) is 8.24. The molecule has 1 N–H and O–H groups in total. The van der Waals surface area contributed by atoms with Gasteiger partial charge in [0.2, 0.25) is 11.0 Å². The summed E-state index contributed by atoms with van der Waals surface area (Å²) in [4.78, 5) is 12.0. The van der Waals surface area contributed by atoms with Gasteiger partial charge in [-0.3, -0.25) is 4.79 Å². The third kappa shape index (κ3) is 5.10. The van der Waals surface area contributed by atoms with Crippen LogP contribution in [0.15, 0.2) is 24.3 Å². The molecule has 2 rings (SSSR count). The number of unbranched alkanes of at least 4 members (excludes halogenated alkanes) is 2. The van der Waals surface area contributed by atoms with Crippen molar-refractivity contribution in [2.45, 2.75) is 39.0 Å². The summed E-state index contributed by atoms with van der Waals surface area (Å²) in [6.45, 7) is 2.17. The molecule has 0 aliphatic carbocycles. The second-order valence-corrected chi connectivity index (χ2v) is 6.24. The lowest BCUT2D eigenvalue weighted by Crippen LogP contribution is -2.14. The van der Waals surface area contributed by atoms with E-state index in [4.69, 9.17) is 11.6 Å². The minimum Gasteiger partial charge on any atom is -0.300 e. The predicted octanol–water partition coefficient (Wildman–Crippen LogP) is 4.11. The van der Waals surface area contributed by atoms with Crippen molar-refractivity contribution in [3.63, 3.8) is 0 Å². The number of benzene rings is 1. The summed E-state index contributed by atoms with van der Waals surface area (Å²) in [5, 5.41) is 13.0. The topological polar surface area (TPSA) is 54.9 Å². The van der Waals surface area contributed by atoms with Gasteiger partial charge in [-0.1, -0.05) is 60.9 Å². The van der Waals surface area contributed by atoms with Crippen molar-refractivity contribution in [2.75, 3.05) is 5.32 Å². The summed E-state index contributed by atoms with van der Waals surface area (Å²) in [6.07, 6.45) is 4.64. The molecule has 1 heterocycles. The zero-order valence-electron chi connectivity index (χ0n) is 11.9. The Balaban J connectivity index is 1.87. The Morgan fingerprint density at radius 3 is 2.86 bits per heavy atom. The lowest BCUT2D eigenvalue weighted by atomic mass is 10.1. The van der Waals surface area contributed by atoms with Gasteiger partial charge in [-0.2, -0.15) is 0 Å². The van der Waals surface area contributed by atoms with Crippen LogP contribution < -0.4 is 5.32 Å². The molecule has 1 amide bonds. The fourth-order valence-corrected chi connectivity index (χ4v) is 2.91. The molecule has 0 unspecified atom stereocenters. The van der Waals surface area contributed by atoms with Crippen LogP contribution in [0, 0.1) is 0 Å². The average Bonchev–Trinajstić information content (AvgIpc) is 2.89. The summed E-state index contributed by atoms with van der Waals surface area (Å²) in [5.74, 6) is -0.126.